The molecule has 12 N–H and O–H groups in total. The molecular formula is C72H228F6N36O12P18. The van der Waals surface area contributed by atoms with Gasteiger partial charge in [0, 0.05) is 0 Å². The zero-order chi connectivity index (χ0) is 121. The molecule has 0 aliphatic rings. The fraction of sp³-hybridized carbons (Fsp3) is 1.00. The van der Waals surface area contributed by atoms with E-state index in [1.54, 1.807) is 0 Å². The van der Waals surface area contributed by atoms with Crippen molar-refractivity contribution < 1.29 is 83.9 Å². The van der Waals surface area contributed by atoms with Gasteiger partial charge < -0.3 is 58.7 Å². The van der Waals surface area contributed by atoms with E-state index in [0.29, 0.717) is 0 Å². The lowest BCUT2D eigenvalue weighted by Crippen LogP contribution is -2.25. The Morgan fingerprint density at radius 1 is 0.0764 bits per heavy atom. The number of halogens is 6. The SMILES string of the molecule is CN(C)P(N(C)C)N(C)C.CN(C)P(N(C)C)N(C)C.CN(C)P(N(C)C)N(C)C.CN(C)P(N(C)C)N(C)C.CN(C)P(N(C)C)N(C)C.CN(C)P(N(C)C)N(C)C.CN(C)P(N(C)C)N(C)C.CN(C)P(N(C)C)N(C)C.CN(C)P(N(C)C)N(C)C.CN(C)P(N(C)C)N(C)C.CN(C)P(N(C)C)N(C)C.CN(C)P(N(C)C)N(C)C.OP(O)F.OP(O)F.OP(O)F.OP(O)F.OP(O)F.OP(O)F. The largest absolute Gasteiger partial charge is 0.369 e. The summed E-state index contributed by atoms with van der Waals surface area (Å²) in [5.74, 6) is 0. The number of rotatable bonds is 36. The first kappa shape index (κ1) is 191. The second-order valence-corrected chi connectivity index (χ2v) is 73.3. The lowest BCUT2D eigenvalue weighted by molar-refractivity contribution is 0.426. The molecule has 900 valence electrons. The molecule has 0 rings (SSSR count). The molecule has 0 aromatic rings. The van der Waals surface area contributed by atoms with Crippen molar-refractivity contribution in [2.45, 2.75) is 0 Å². The molecule has 0 heterocycles. The maximum absolute atomic E-state index is 10.2. The fourth-order valence-electron chi connectivity index (χ4n) is 12.9. The van der Waals surface area contributed by atoms with Crippen molar-refractivity contribution in [3.8, 4) is 0 Å². The van der Waals surface area contributed by atoms with Gasteiger partial charge in [0.2, 0.25) is 0 Å². The summed E-state index contributed by atoms with van der Waals surface area (Å²) in [6.45, 7) is 0. The van der Waals surface area contributed by atoms with Crippen molar-refractivity contribution >= 4 is 153 Å². The highest BCUT2D eigenvalue weighted by atomic mass is 31.2. The minimum Gasteiger partial charge on any atom is -0.325 e. The van der Waals surface area contributed by atoms with Gasteiger partial charge in [-0.3, -0.25) is 168 Å². The average Bonchev–Trinajstić information content (AvgIpc) is 1.00. The molecule has 0 aliphatic heterocycles. The van der Waals surface area contributed by atoms with Gasteiger partial charge in [-0.25, -0.2) is 0 Å². The second-order valence-electron chi connectivity index (χ2n) is 35.2. The van der Waals surface area contributed by atoms with E-state index in [2.05, 4.69) is 676 Å². The van der Waals surface area contributed by atoms with Crippen LogP contribution in [-0.4, -0.2) is 734 Å². The number of hydrogen-bond donors (Lipinski definition) is 12. The van der Waals surface area contributed by atoms with Crippen molar-refractivity contribution in [3.05, 3.63) is 0 Å². The molecule has 48 nitrogen and oxygen atoms in total. The minimum atomic E-state index is -3.12. The molecule has 0 aliphatic carbocycles. The van der Waals surface area contributed by atoms with Gasteiger partial charge >= 0.3 is 52.1 Å². The number of hydrogen-bond acceptors (Lipinski definition) is 48. The maximum Gasteiger partial charge on any atom is 0.369 e. The highest BCUT2D eigenvalue weighted by Gasteiger charge is 2.25. The van der Waals surface area contributed by atoms with Crippen LogP contribution in [0.1, 0.15) is 0 Å². The maximum atomic E-state index is 10.2. The molecule has 0 fully saturated rings. The summed E-state index contributed by atoms with van der Waals surface area (Å²) in [6, 6.07) is 0. The Morgan fingerprint density at radius 2 is 0.0903 bits per heavy atom. The van der Waals surface area contributed by atoms with Gasteiger partial charge in [0.15, 0.2) is 0 Å². The van der Waals surface area contributed by atoms with Gasteiger partial charge in [-0.1, -0.05) is 0 Å². The Hall–Kier alpha value is 5.40. The third-order valence-electron chi connectivity index (χ3n) is 12.9. The third-order valence-corrected chi connectivity index (χ3v) is 38.6. The molecule has 0 aromatic carbocycles. The molecule has 0 spiro atoms. The van der Waals surface area contributed by atoms with E-state index in [-0.39, 0.29) is 100 Å². The van der Waals surface area contributed by atoms with E-state index < -0.39 is 52.1 Å². The molecular weight excluding hydrogens is 2230 g/mol. The third kappa shape index (κ3) is 142. The van der Waals surface area contributed by atoms with Crippen molar-refractivity contribution in [3.63, 3.8) is 0 Å². The van der Waals surface area contributed by atoms with Crippen molar-refractivity contribution in [2.75, 3.05) is 507 Å². The normalized spacial score (nSPS) is 12.0. The first-order valence-electron chi connectivity index (χ1n) is 42.8. The highest BCUT2D eigenvalue weighted by Crippen LogP contribution is 2.49. The lowest BCUT2D eigenvalue weighted by atomic mass is 11.2. The Kier molecular flexibility index (Phi) is 152. The van der Waals surface area contributed by atoms with Crippen LogP contribution in [0.15, 0.2) is 0 Å². The highest BCUT2D eigenvalue weighted by molar-refractivity contribution is 7.53. The van der Waals surface area contributed by atoms with Crippen LogP contribution in [0.25, 0.3) is 0 Å². The molecule has 0 amide bonds. The van der Waals surface area contributed by atoms with Gasteiger partial charge in [-0.05, 0) is 507 Å². The topological polar surface area (TPSA) is 359 Å². The molecule has 0 aromatic heterocycles. The summed E-state index contributed by atoms with van der Waals surface area (Å²) in [4.78, 5) is 84.1. The van der Waals surface area contributed by atoms with Gasteiger partial charge in [0.05, 0.1) is 0 Å². The summed E-state index contributed by atoms with van der Waals surface area (Å²) in [6.07, 6.45) is 0. The summed E-state index contributed by atoms with van der Waals surface area (Å²) in [5, 5.41) is 0. The fourth-order valence-corrected chi connectivity index (χ4v) is 38.6. The van der Waals surface area contributed by atoms with Crippen LogP contribution >= 0.6 is 153 Å². The van der Waals surface area contributed by atoms with Crippen LogP contribution in [0.3, 0.4) is 0 Å². The van der Waals surface area contributed by atoms with Crippen molar-refractivity contribution in [1.29, 1.82) is 0 Å². The Bertz CT molecular complexity index is 1760. The molecule has 0 atom stereocenters. The summed E-state index contributed by atoms with van der Waals surface area (Å²) >= 11 is 0. The summed E-state index contributed by atoms with van der Waals surface area (Å²) < 4.78 is 141. The molecule has 0 saturated carbocycles. The molecule has 0 saturated heterocycles. The Balaban J connectivity index is -0.0000000736. The van der Waals surface area contributed by atoms with Crippen LogP contribution in [0, 0.1) is 0 Å². The Labute approximate surface area is 906 Å². The van der Waals surface area contributed by atoms with E-state index in [9.17, 15) is 25.2 Å². The predicted octanol–water partition coefficient (Wildman–Crippen LogP) is 11.8. The monoisotopic (exact) mass is 2460 g/mol. The van der Waals surface area contributed by atoms with E-state index >= 15 is 0 Å². The average molecular weight is 2460 g/mol. The van der Waals surface area contributed by atoms with E-state index in [4.69, 9.17) is 58.7 Å². The molecule has 72 heteroatoms. The Morgan fingerprint density at radius 3 is 0.0903 bits per heavy atom. The first-order chi connectivity index (χ1) is 64.0. The van der Waals surface area contributed by atoms with Crippen LogP contribution < -0.4 is 0 Å². The van der Waals surface area contributed by atoms with Gasteiger partial charge in [-0.15, -0.1) is 0 Å². The second kappa shape index (κ2) is 115. The van der Waals surface area contributed by atoms with Crippen molar-refractivity contribution in [2.24, 2.45) is 0 Å². The van der Waals surface area contributed by atoms with Crippen molar-refractivity contribution in [1.82, 2.24) is 168 Å². The first-order valence-corrected chi connectivity index (χ1v) is 64.0. The number of nitrogens with zero attached hydrogens (tertiary/aromatic N) is 36. The standard InChI is InChI=1S/12C6H18N3P.6FH2O2P/c12*1-7(2)10(8(3)4)9(5)6;6*1-4(2)3/h12*1-6H3;6*2-3H. The van der Waals surface area contributed by atoms with Gasteiger partial charge in [0.1, 0.15) is 100 Å². The molecule has 0 bridgehead atoms. The zero-order valence-corrected chi connectivity index (χ0v) is 120. The molecule has 144 heavy (non-hydrogen) atoms. The zero-order valence-electron chi connectivity index (χ0n) is 104. The van der Waals surface area contributed by atoms with E-state index in [1.807, 2.05) is 0 Å². The van der Waals surface area contributed by atoms with Crippen LogP contribution in [0.2, 0.25) is 0 Å². The molecule has 0 radical (unpaired) electrons. The van der Waals surface area contributed by atoms with Crippen LogP contribution in [0.4, 0.5) is 25.2 Å². The lowest BCUT2D eigenvalue weighted by Gasteiger charge is -2.34. The van der Waals surface area contributed by atoms with Gasteiger partial charge in [-0.2, -0.15) is 25.2 Å². The smallest absolute Gasteiger partial charge is 0.325 e. The summed E-state index contributed by atoms with van der Waals surface area (Å²) in [7, 11) is 130. The van der Waals surface area contributed by atoms with Gasteiger partial charge in [0.25, 0.3) is 0 Å². The minimum absolute atomic E-state index is 0.238. The van der Waals surface area contributed by atoms with E-state index in [0.717, 1.165) is 0 Å². The van der Waals surface area contributed by atoms with E-state index in [1.165, 1.54) is 0 Å². The quantitative estimate of drug-likeness (QED) is 0.0205. The molecule has 0 unspecified atom stereocenters. The van der Waals surface area contributed by atoms with Crippen LogP contribution in [0.5, 0.6) is 0 Å². The summed E-state index contributed by atoms with van der Waals surface area (Å²) in [5.41, 5.74) is 0. The predicted molar refractivity (Wildman–Crippen MR) is 651 cm³/mol. The van der Waals surface area contributed by atoms with Crippen LogP contribution in [-0.2, 0) is 0 Å².